The van der Waals surface area contributed by atoms with Crippen LogP contribution in [-0.4, -0.2) is 48.5 Å². The van der Waals surface area contributed by atoms with Crippen molar-refractivity contribution in [3.05, 3.63) is 41.8 Å². The molecule has 1 saturated carbocycles. The van der Waals surface area contributed by atoms with E-state index < -0.39 is 17.6 Å². The molecule has 1 saturated heterocycles. The molecule has 2 aliphatic rings. The molecule has 0 spiro atoms. The lowest BCUT2D eigenvalue weighted by atomic mass is 9.86. The second-order valence-electron chi connectivity index (χ2n) is 8.19. The zero-order valence-electron chi connectivity index (χ0n) is 18.0. The monoisotopic (exact) mass is 466 g/mol. The van der Waals surface area contributed by atoms with Gasteiger partial charge in [0.05, 0.1) is 25.0 Å². The van der Waals surface area contributed by atoms with E-state index in [0.29, 0.717) is 32.0 Å². The molecule has 1 aliphatic heterocycles. The van der Waals surface area contributed by atoms with Gasteiger partial charge in [0.1, 0.15) is 0 Å². The molecule has 4 rings (SSSR count). The van der Waals surface area contributed by atoms with Crippen LogP contribution in [-0.2, 0) is 10.9 Å². The lowest BCUT2D eigenvalue weighted by Gasteiger charge is -2.28. The largest absolute Gasteiger partial charge is 0.416 e. The molecule has 2 N–H and O–H groups in total. The van der Waals surface area contributed by atoms with Gasteiger partial charge in [-0.1, -0.05) is 6.07 Å². The Bertz CT molecular complexity index is 956. The molecule has 1 aliphatic carbocycles. The van der Waals surface area contributed by atoms with Crippen LogP contribution >= 0.6 is 0 Å². The van der Waals surface area contributed by atoms with Crippen molar-refractivity contribution in [2.24, 2.45) is 11.0 Å². The summed E-state index contributed by atoms with van der Waals surface area (Å²) in [6.07, 6.45) is 1.91. The lowest BCUT2D eigenvalue weighted by Crippen LogP contribution is -2.37. The van der Waals surface area contributed by atoms with Gasteiger partial charge in [-0.2, -0.15) is 23.3 Å². The number of alkyl halides is 3. The Balaban J connectivity index is 1.26. The number of aromatic nitrogens is 2. The van der Waals surface area contributed by atoms with Gasteiger partial charge < -0.3 is 15.0 Å². The number of hydrazone groups is 1. The molecule has 2 aromatic rings. The number of ether oxygens (including phenoxy) is 1. The minimum Gasteiger partial charge on any atom is -0.382 e. The smallest absolute Gasteiger partial charge is 0.382 e. The summed E-state index contributed by atoms with van der Waals surface area (Å²) in [7, 11) is 0. The van der Waals surface area contributed by atoms with Crippen molar-refractivity contribution >= 4 is 23.7 Å². The number of nitrogens with zero attached hydrogens (tertiary/aromatic N) is 4. The van der Waals surface area contributed by atoms with Gasteiger partial charge in [0.2, 0.25) is 5.95 Å². The highest BCUT2D eigenvalue weighted by molar-refractivity contribution is 5.62. The Labute approximate surface area is 189 Å². The molecular weight excluding hydrogens is 440 g/mol. The van der Waals surface area contributed by atoms with Crippen LogP contribution in [0.4, 0.5) is 35.0 Å². The van der Waals surface area contributed by atoms with Crippen molar-refractivity contribution in [3.8, 4) is 0 Å². The number of benzene rings is 1. The summed E-state index contributed by atoms with van der Waals surface area (Å²) >= 11 is 0. The third kappa shape index (κ3) is 6.31. The number of hydrogen-bond donors (Lipinski definition) is 2. The van der Waals surface area contributed by atoms with Crippen molar-refractivity contribution in [3.63, 3.8) is 0 Å². The summed E-state index contributed by atoms with van der Waals surface area (Å²) in [5, 5.41) is 7.43. The minimum absolute atomic E-state index is 0.114. The van der Waals surface area contributed by atoms with Gasteiger partial charge in [-0.05, 0) is 49.8 Å². The van der Waals surface area contributed by atoms with E-state index in [1.165, 1.54) is 6.07 Å². The van der Waals surface area contributed by atoms with Crippen LogP contribution in [0.25, 0.3) is 0 Å². The third-order valence-corrected chi connectivity index (χ3v) is 5.82. The normalized spacial score (nSPS) is 21.9. The van der Waals surface area contributed by atoms with Crippen LogP contribution in [0.1, 0.15) is 31.2 Å². The highest BCUT2D eigenvalue weighted by Crippen LogP contribution is 2.32. The van der Waals surface area contributed by atoms with E-state index in [1.54, 1.807) is 12.3 Å². The van der Waals surface area contributed by atoms with Crippen molar-refractivity contribution in [1.82, 2.24) is 9.97 Å². The molecule has 0 radical (unpaired) electrons. The molecule has 1 aromatic carbocycles. The van der Waals surface area contributed by atoms with E-state index in [-0.39, 0.29) is 23.7 Å². The molecular formula is C22H26F4N6O. The second-order valence-corrected chi connectivity index (χ2v) is 8.19. The first kappa shape index (κ1) is 23.2. The fourth-order valence-electron chi connectivity index (χ4n) is 4.04. The summed E-state index contributed by atoms with van der Waals surface area (Å²) in [6.45, 7) is 2.17. The Morgan fingerprint density at radius 1 is 1.12 bits per heavy atom. The van der Waals surface area contributed by atoms with Gasteiger partial charge in [0.15, 0.2) is 11.6 Å². The van der Waals surface area contributed by atoms with Crippen LogP contribution in [0.3, 0.4) is 0 Å². The number of morpholine rings is 1. The van der Waals surface area contributed by atoms with Crippen LogP contribution in [0.2, 0.25) is 0 Å². The number of halogens is 4. The van der Waals surface area contributed by atoms with Crippen molar-refractivity contribution in [2.45, 2.75) is 37.9 Å². The molecule has 2 heterocycles. The molecule has 178 valence electrons. The fraction of sp³-hybridized carbons (Fsp3) is 0.500. The van der Waals surface area contributed by atoms with Gasteiger partial charge in [-0.15, -0.1) is 0 Å². The Morgan fingerprint density at radius 2 is 1.88 bits per heavy atom. The van der Waals surface area contributed by atoms with E-state index in [0.717, 1.165) is 44.0 Å². The van der Waals surface area contributed by atoms with Gasteiger partial charge in [-0.3, -0.25) is 0 Å². The van der Waals surface area contributed by atoms with E-state index in [2.05, 4.69) is 25.8 Å². The Hall–Kier alpha value is -2.95. The highest BCUT2D eigenvalue weighted by atomic mass is 19.4. The summed E-state index contributed by atoms with van der Waals surface area (Å²) in [4.78, 5) is 9.99. The second kappa shape index (κ2) is 10.3. The van der Waals surface area contributed by atoms with Gasteiger partial charge >= 0.3 is 6.18 Å². The molecule has 2 fully saturated rings. The lowest BCUT2D eigenvalue weighted by molar-refractivity contribution is -0.137. The number of rotatable bonds is 6. The first-order chi connectivity index (χ1) is 15.9. The van der Waals surface area contributed by atoms with Crippen LogP contribution in [0.15, 0.2) is 35.6 Å². The maximum Gasteiger partial charge on any atom is 0.416 e. The van der Waals surface area contributed by atoms with Crippen LogP contribution in [0, 0.1) is 11.7 Å². The summed E-state index contributed by atoms with van der Waals surface area (Å²) < 4.78 is 58.1. The first-order valence-electron chi connectivity index (χ1n) is 11.0. The summed E-state index contributed by atoms with van der Waals surface area (Å²) in [6, 6.07) is 5.39. The molecule has 33 heavy (non-hydrogen) atoms. The Morgan fingerprint density at radius 3 is 2.61 bits per heavy atom. The van der Waals surface area contributed by atoms with E-state index in [9.17, 15) is 17.6 Å². The molecule has 0 bridgehead atoms. The van der Waals surface area contributed by atoms with Gasteiger partial charge in [0.25, 0.3) is 0 Å². The minimum atomic E-state index is -4.35. The quantitative estimate of drug-likeness (QED) is 0.370. The number of nitrogens with one attached hydrogen (secondary N) is 2. The zero-order valence-corrected chi connectivity index (χ0v) is 18.0. The standard InChI is InChI=1S/C22H26F4N6O/c23-19-14-27-21(30-20(19)32-8-10-33-11-9-32)31-28-13-15-4-6-17(7-5-15)29-18-3-1-2-16(12-18)22(24,25)26/h1-3,12-15,17,29H,4-11H2,(H,27,30,31)/b28-13+. The van der Waals surface area contributed by atoms with Gasteiger partial charge in [-0.25, -0.2) is 14.8 Å². The fourth-order valence-corrected chi connectivity index (χ4v) is 4.04. The molecule has 0 unspecified atom stereocenters. The summed E-state index contributed by atoms with van der Waals surface area (Å²) in [5.74, 6) is 0.190. The third-order valence-electron chi connectivity index (χ3n) is 5.82. The molecule has 1 aromatic heterocycles. The number of hydrogen-bond acceptors (Lipinski definition) is 7. The highest BCUT2D eigenvalue weighted by Gasteiger charge is 2.30. The number of anilines is 3. The predicted molar refractivity (Wildman–Crippen MR) is 118 cm³/mol. The van der Waals surface area contributed by atoms with Crippen molar-refractivity contribution < 1.29 is 22.3 Å². The van der Waals surface area contributed by atoms with Gasteiger partial charge in [0, 0.05) is 31.0 Å². The predicted octanol–water partition coefficient (Wildman–Crippen LogP) is 4.54. The first-order valence-corrected chi connectivity index (χ1v) is 11.0. The molecule has 0 atom stereocenters. The molecule has 7 nitrogen and oxygen atoms in total. The van der Waals surface area contributed by atoms with E-state index >= 15 is 0 Å². The SMILES string of the molecule is Fc1cnc(N/N=C/C2CCC(Nc3cccc(C(F)(F)F)c3)CC2)nc1N1CCOCC1. The van der Waals surface area contributed by atoms with E-state index in [4.69, 9.17) is 4.74 Å². The van der Waals surface area contributed by atoms with Crippen molar-refractivity contribution in [2.75, 3.05) is 41.9 Å². The zero-order chi connectivity index (χ0) is 23.3. The van der Waals surface area contributed by atoms with Crippen LogP contribution in [0.5, 0.6) is 0 Å². The van der Waals surface area contributed by atoms with Crippen LogP contribution < -0.4 is 15.6 Å². The Kier molecular flexibility index (Phi) is 7.26. The molecule has 11 heteroatoms. The topological polar surface area (TPSA) is 74.7 Å². The average molecular weight is 466 g/mol. The summed E-state index contributed by atoms with van der Waals surface area (Å²) in [5.41, 5.74) is 2.60. The maximum absolute atomic E-state index is 14.1. The maximum atomic E-state index is 14.1. The average Bonchev–Trinajstić information content (AvgIpc) is 2.81. The van der Waals surface area contributed by atoms with E-state index in [1.807, 2.05) is 4.90 Å². The molecule has 0 amide bonds. The van der Waals surface area contributed by atoms with Crippen molar-refractivity contribution in [1.29, 1.82) is 0 Å².